The lowest BCUT2D eigenvalue weighted by molar-refractivity contribution is -0.130. The van der Waals surface area contributed by atoms with Crippen LogP contribution in [-0.4, -0.2) is 34.9 Å². The molecule has 0 saturated carbocycles. The van der Waals surface area contributed by atoms with Gasteiger partial charge in [0.15, 0.2) is 11.5 Å². The van der Waals surface area contributed by atoms with Crippen LogP contribution in [0.2, 0.25) is 0 Å². The van der Waals surface area contributed by atoms with Gasteiger partial charge in [0.25, 0.3) is 5.91 Å². The van der Waals surface area contributed by atoms with Gasteiger partial charge in [-0.15, -0.1) is 0 Å². The Bertz CT molecular complexity index is 857. The molecule has 1 aliphatic heterocycles. The zero-order chi connectivity index (χ0) is 17.1. The maximum Gasteiger partial charge on any atom is 0.264 e. The quantitative estimate of drug-likeness (QED) is 0.770. The van der Waals surface area contributed by atoms with E-state index in [0.29, 0.717) is 24.6 Å². The highest BCUT2D eigenvalue weighted by atomic mass is 16.6. The zero-order valence-electron chi connectivity index (χ0n) is 13.4. The van der Waals surface area contributed by atoms with Crippen LogP contribution >= 0.6 is 0 Å². The Labute approximate surface area is 144 Å². The van der Waals surface area contributed by atoms with Crippen LogP contribution in [0.4, 0.5) is 0 Å². The van der Waals surface area contributed by atoms with Gasteiger partial charge in [-0.3, -0.25) is 9.48 Å². The molecule has 1 unspecified atom stereocenters. The number of hydrogen-bond acceptors (Lipinski definition) is 5. The van der Waals surface area contributed by atoms with Crippen LogP contribution in [0.15, 0.2) is 59.5 Å². The van der Waals surface area contributed by atoms with E-state index in [1.165, 1.54) is 0 Å². The van der Waals surface area contributed by atoms with E-state index in [4.69, 9.17) is 13.9 Å². The van der Waals surface area contributed by atoms with Crippen molar-refractivity contribution in [2.24, 2.45) is 0 Å². The molecule has 1 N–H and O–H groups in total. The van der Waals surface area contributed by atoms with E-state index in [1.807, 2.05) is 36.5 Å². The molecule has 1 aliphatic rings. The monoisotopic (exact) mass is 339 g/mol. The summed E-state index contributed by atoms with van der Waals surface area (Å²) in [6, 6.07) is 11.0. The van der Waals surface area contributed by atoms with Crippen molar-refractivity contribution in [1.29, 1.82) is 0 Å². The Hall–Kier alpha value is -3.22. The minimum Gasteiger partial charge on any atom is -0.485 e. The molecule has 7 heteroatoms. The molecule has 1 aromatic carbocycles. The Morgan fingerprint density at radius 2 is 2.12 bits per heavy atom. The average molecular weight is 339 g/mol. The fourth-order valence-corrected chi connectivity index (χ4v) is 2.61. The fourth-order valence-electron chi connectivity index (χ4n) is 2.61. The number of ether oxygens (including phenoxy) is 2. The van der Waals surface area contributed by atoms with Crippen molar-refractivity contribution in [3.63, 3.8) is 0 Å². The van der Waals surface area contributed by atoms with Crippen LogP contribution in [0, 0.1) is 0 Å². The number of para-hydroxylation sites is 2. The van der Waals surface area contributed by atoms with E-state index < -0.39 is 6.10 Å². The Morgan fingerprint density at radius 1 is 1.24 bits per heavy atom. The lowest BCUT2D eigenvalue weighted by Crippen LogP contribution is -2.44. The molecule has 0 saturated heterocycles. The number of amides is 1. The predicted molar refractivity (Wildman–Crippen MR) is 89.3 cm³/mol. The molecule has 7 nitrogen and oxygen atoms in total. The van der Waals surface area contributed by atoms with Crippen LogP contribution in [0.25, 0.3) is 11.3 Å². The smallest absolute Gasteiger partial charge is 0.264 e. The van der Waals surface area contributed by atoms with Crippen LogP contribution < -0.4 is 14.8 Å². The summed E-state index contributed by atoms with van der Waals surface area (Å²) in [6.07, 6.45) is 4.58. The molecular formula is C18H17N3O4. The predicted octanol–water partition coefficient (Wildman–Crippen LogP) is 2.10. The fraction of sp³-hybridized carbons (Fsp3) is 0.222. The number of hydrogen-bond donors (Lipinski definition) is 1. The van der Waals surface area contributed by atoms with Gasteiger partial charge in [-0.2, -0.15) is 5.10 Å². The third kappa shape index (κ3) is 3.35. The highest BCUT2D eigenvalue weighted by molar-refractivity contribution is 5.81. The molecule has 25 heavy (non-hydrogen) atoms. The molecule has 1 atom stereocenters. The third-order valence-electron chi connectivity index (χ3n) is 3.88. The van der Waals surface area contributed by atoms with Crippen LogP contribution in [0.3, 0.4) is 0 Å². The molecule has 4 rings (SSSR count). The van der Waals surface area contributed by atoms with Crippen molar-refractivity contribution in [2.75, 3.05) is 13.2 Å². The minimum atomic E-state index is -0.647. The summed E-state index contributed by atoms with van der Waals surface area (Å²) in [7, 11) is 0. The second kappa shape index (κ2) is 6.72. The van der Waals surface area contributed by atoms with Gasteiger partial charge in [-0.25, -0.2) is 0 Å². The highest BCUT2D eigenvalue weighted by Gasteiger charge is 2.26. The first kappa shape index (κ1) is 15.3. The number of furan rings is 1. The number of benzene rings is 1. The lowest BCUT2D eigenvalue weighted by atomic mass is 10.2. The van der Waals surface area contributed by atoms with E-state index in [1.54, 1.807) is 23.2 Å². The van der Waals surface area contributed by atoms with Gasteiger partial charge < -0.3 is 19.2 Å². The lowest BCUT2D eigenvalue weighted by Gasteiger charge is -2.25. The first-order valence-corrected chi connectivity index (χ1v) is 8.02. The summed E-state index contributed by atoms with van der Waals surface area (Å²) in [6.45, 7) is 1.20. The molecule has 3 heterocycles. The maximum absolute atomic E-state index is 12.2. The van der Waals surface area contributed by atoms with Crippen molar-refractivity contribution < 1.29 is 18.7 Å². The minimum absolute atomic E-state index is 0.201. The van der Waals surface area contributed by atoms with E-state index in [2.05, 4.69) is 10.4 Å². The van der Waals surface area contributed by atoms with Gasteiger partial charge in [0.05, 0.1) is 24.6 Å². The highest BCUT2D eigenvalue weighted by Crippen LogP contribution is 2.30. The van der Waals surface area contributed by atoms with Crippen LogP contribution in [0.5, 0.6) is 11.5 Å². The van der Waals surface area contributed by atoms with Crippen LogP contribution in [-0.2, 0) is 11.3 Å². The van der Waals surface area contributed by atoms with E-state index in [-0.39, 0.29) is 12.5 Å². The molecule has 3 aromatic rings. The van der Waals surface area contributed by atoms with Gasteiger partial charge in [-0.05, 0) is 24.3 Å². The molecule has 1 amide bonds. The number of fused-ring (bicyclic) bond motifs is 1. The molecular weight excluding hydrogens is 322 g/mol. The number of carbonyl (C=O) groups is 1. The first-order valence-electron chi connectivity index (χ1n) is 8.02. The Kier molecular flexibility index (Phi) is 4.12. The van der Waals surface area contributed by atoms with Crippen molar-refractivity contribution in [3.05, 3.63) is 55.1 Å². The van der Waals surface area contributed by atoms with Gasteiger partial charge >= 0.3 is 0 Å². The molecule has 128 valence electrons. The van der Waals surface area contributed by atoms with Crippen molar-refractivity contribution in [3.8, 4) is 22.8 Å². The summed E-state index contributed by atoms with van der Waals surface area (Å²) in [5.41, 5.74) is 0.900. The number of nitrogens with zero attached hydrogens (tertiary/aromatic N) is 2. The second-order valence-corrected chi connectivity index (χ2v) is 5.62. The first-order chi connectivity index (χ1) is 12.3. The average Bonchev–Trinajstić information content (AvgIpc) is 3.32. The summed E-state index contributed by atoms with van der Waals surface area (Å²) < 4.78 is 18.3. The summed E-state index contributed by atoms with van der Waals surface area (Å²) in [5, 5.41) is 7.11. The standard InChI is InChI=1S/C18H17N3O4/c22-18(17-12-24-15-4-1-2-5-16(15)25-17)19-7-8-21-11-13(10-20-21)14-6-3-9-23-14/h1-6,9-11,17H,7-8,12H2,(H,19,22). The molecule has 0 fully saturated rings. The molecule has 0 radical (unpaired) electrons. The maximum atomic E-state index is 12.2. The molecule has 0 bridgehead atoms. The molecule has 0 aliphatic carbocycles. The van der Waals surface area contributed by atoms with Gasteiger partial charge in [0, 0.05) is 12.7 Å². The van der Waals surface area contributed by atoms with Crippen molar-refractivity contribution in [2.45, 2.75) is 12.6 Å². The van der Waals surface area contributed by atoms with E-state index in [0.717, 1.165) is 11.3 Å². The van der Waals surface area contributed by atoms with Crippen LogP contribution in [0.1, 0.15) is 0 Å². The summed E-state index contributed by atoms with van der Waals surface area (Å²) in [5.74, 6) is 1.81. The SMILES string of the molecule is O=C(NCCn1cc(-c2ccco2)cn1)C1COc2ccccc2O1. The Morgan fingerprint density at radius 3 is 2.96 bits per heavy atom. The van der Waals surface area contributed by atoms with Gasteiger partial charge in [0.2, 0.25) is 6.10 Å². The topological polar surface area (TPSA) is 78.5 Å². The van der Waals surface area contributed by atoms with E-state index >= 15 is 0 Å². The third-order valence-corrected chi connectivity index (χ3v) is 3.88. The number of nitrogens with one attached hydrogen (secondary N) is 1. The summed E-state index contributed by atoms with van der Waals surface area (Å²) in [4.78, 5) is 12.2. The zero-order valence-corrected chi connectivity index (χ0v) is 13.4. The second-order valence-electron chi connectivity index (χ2n) is 5.62. The van der Waals surface area contributed by atoms with Crippen molar-refractivity contribution in [1.82, 2.24) is 15.1 Å². The Balaban J connectivity index is 1.28. The van der Waals surface area contributed by atoms with Gasteiger partial charge in [0.1, 0.15) is 12.4 Å². The van der Waals surface area contributed by atoms with Crippen molar-refractivity contribution >= 4 is 5.91 Å². The van der Waals surface area contributed by atoms with E-state index in [9.17, 15) is 4.79 Å². The molecule has 0 spiro atoms. The summed E-state index contributed by atoms with van der Waals surface area (Å²) >= 11 is 0. The normalized spacial score (nSPS) is 15.8. The number of carbonyl (C=O) groups excluding carboxylic acids is 1. The van der Waals surface area contributed by atoms with Gasteiger partial charge in [-0.1, -0.05) is 12.1 Å². The largest absolute Gasteiger partial charge is 0.485 e. The number of aromatic nitrogens is 2. The molecule has 2 aromatic heterocycles. The number of rotatable bonds is 5.